The molecule has 1 aromatic carbocycles. The van der Waals surface area contributed by atoms with Gasteiger partial charge in [-0.05, 0) is 38.2 Å². The molecule has 1 saturated carbocycles. The highest BCUT2D eigenvalue weighted by molar-refractivity contribution is 5.93. The minimum Gasteiger partial charge on any atom is -0.325 e. The van der Waals surface area contributed by atoms with Crippen LogP contribution in [0.1, 0.15) is 50.2 Å². The van der Waals surface area contributed by atoms with Crippen molar-refractivity contribution >= 4 is 5.91 Å². The van der Waals surface area contributed by atoms with Crippen molar-refractivity contribution in [3.05, 3.63) is 35.4 Å². The largest absolute Gasteiger partial charge is 0.325 e. The Kier molecular flexibility index (Phi) is 5.24. The van der Waals surface area contributed by atoms with Crippen molar-refractivity contribution in [3.63, 3.8) is 0 Å². The Morgan fingerprint density at radius 2 is 1.85 bits per heavy atom. The average molecular weight is 269 g/mol. The van der Waals surface area contributed by atoms with E-state index in [0.717, 1.165) is 12.8 Å². The summed E-state index contributed by atoms with van der Waals surface area (Å²) in [6, 6.07) is 8.78. The van der Waals surface area contributed by atoms with Crippen LogP contribution in [0.25, 0.3) is 0 Å². The zero-order valence-electron chi connectivity index (χ0n) is 12.5. The predicted octanol–water partition coefficient (Wildman–Crippen LogP) is 3.68. The molecule has 0 atom stereocenters. The minimum absolute atomic E-state index is 0.0278. The van der Waals surface area contributed by atoms with E-state index in [2.05, 4.69) is 43.0 Å². The summed E-state index contributed by atoms with van der Waals surface area (Å²) < 4.78 is 0. The lowest BCUT2D eigenvalue weighted by molar-refractivity contribution is -0.128. The van der Waals surface area contributed by atoms with Gasteiger partial charge in [0.2, 0.25) is 0 Å². The fourth-order valence-corrected chi connectivity index (χ4v) is 2.83. The molecule has 0 heterocycles. The normalized spacial score (nSPS) is 15.3. The van der Waals surface area contributed by atoms with E-state index in [0.29, 0.717) is 12.6 Å². The fourth-order valence-electron chi connectivity index (χ4n) is 2.83. The molecule has 0 unspecified atom stereocenters. The molecule has 20 heavy (non-hydrogen) atoms. The topological polar surface area (TPSA) is 20.3 Å². The number of aryl methyl sites for hydroxylation is 1. The Morgan fingerprint density at radius 3 is 2.45 bits per heavy atom. The third kappa shape index (κ3) is 3.87. The van der Waals surface area contributed by atoms with Crippen molar-refractivity contribution < 1.29 is 4.79 Å². The van der Waals surface area contributed by atoms with Crippen LogP contribution < -0.4 is 0 Å². The van der Waals surface area contributed by atoms with Crippen molar-refractivity contribution in [2.75, 3.05) is 0 Å². The quantitative estimate of drug-likeness (QED) is 0.767. The Hall–Kier alpha value is -1.75. The van der Waals surface area contributed by atoms with Crippen LogP contribution in [-0.4, -0.2) is 16.8 Å². The number of nitrogens with zero attached hydrogens (tertiary/aromatic N) is 1. The van der Waals surface area contributed by atoms with E-state index >= 15 is 0 Å². The third-order valence-electron chi connectivity index (χ3n) is 3.98. The number of amides is 1. The molecule has 0 aliphatic heterocycles. The van der Waals surface area contributed by atoms with Gasteiger partial charge in [-0.2, -0.15) is 0 Å². The first-order chi connectivity index (χ1) is 9.70. The number of hydrogen-bond acceptors (Lipinski definition) is 1. The molecule has 1 aromatic rings. The maximum absolute atomic E-state index is 12.3. The second-order valence-corrected chi connectivity index (χ2v) is 5.59. The van der Waals surface area contributed by atoms with E-state index in [9.17, 15) is 4.79 Å². The Balaban J connectivity index is 2.14. The Bertz CT molecular complexity index is 500. The maximum Gasteiger partial charge on any atom is 0.299 e. The van der Waals surface area contributed by atoms with Crippen molar-refractivity contribution in [1.82, 2.24) is 4.90 Å². The molecule has 2 nitrogen and oxygen atoms in total. The van der Waals surface area contributed by atoms with Gasteiger partial charge in [-0.1, -0.05) is 55.0 Å². The Morgan fingerprint density at radius 1 is 1.20 bits per heavy atom. The van der Waals surface area contributed by atoms with Gasteiger partial charge in [0, 0.05) is 12.6 Å². The van der Waals surface area contributed by atoms with Gasteiger partial charge in [0.05, 0.1) is 0 Å². The number of carbonyl (C=O) groups excluding carboxylic acids is 1. The molecule has 0 bridgehead atoms. The van der Waals surface area contributed by atoms with Gasteiger partial charge in [0.1, 0.15) is 0 Å². The van der Waals surface area contributed by atoms with Crippen LogP contribution in [-0.2, 0) is 11.3 Å². The highest BCUT2D eigenvalue weighted by Crippen LogP contribution is 2.24. The molecule has 1 amide bonds. The van der Waals surface area contributed by atoms with Gasteiger partial charge in [0.25, 0.3) is 5.91 Å². The molecule has 2 heteroatoms. The summed E-state index contributed by atoms with van der Waals surface area (Å²) in [4.78, 5) is 14.2. The number of benzene rings is 1. The first-order valence-electron chi connectivity index (χ1n) is 7.49. The SMILES string of the molecule is CC#CC(=O)N(Cc1ccc(C)cc1)C1CCCCC1. The monoisotopic (exact) mass is 269 g/mol. The van der Waals surface area contributed by atoms with Crippen LogP contribution in [0.15, 0.2) is 24.3 Å². The molecule has 0 N–H and O–H groups in total. The van der Waals surface area contributed by atoms with E-state index in [4.69, 9.17) is 0 Å². The van der Waals surface area contributed by atoms with E-state index in [1.165, 1.54) is 30.4 Å². The lowest BCUT2D eigenvalue weighted by Crippen LogP contribution is -2.40. The molecule has 0 radical (unpaired) electrons. The highest BCUT2D eigenvalue weighted by atomic mass is 16.2. The lowest BCUT2D eigenvalue weighted by Gasteiger charge is -2.33. The Labute approximate surface area is 122 Å². The zero-order valence-corrected chi connectivity index (χ0v) is 12.5. The lowest BCUT2D eigenvalue weighted by atomic mass is 9.93. The molecule has 0 saturated heterocycles. The van der Waals surface area contributed by atoms with Crippen molar-refractivity contribution in [2.24, 2.45) is 0 Å². The first-order valence-corrected chi connectivity index (χ1v) is 7.49. The van der Waals surface area contributed by atoms with Crippen LogP contribution >= 0.6 is 0 Å². The summed E-state index contributed by atoms with van der Waals surface area (Å²) in [6.07, 6.45) is 5.97. The number of carbonyl (C=O) groups is 1. The minimum atomic E-state index is -0.0278. The van der Waals surface area contributed by atoms with E-state index in [-0.39, 0.29) is 5.91 Å². The van der Waals surface area contributed by atoms with Crippen molar-refractivity contribution in [1.29, 1.82) is 0 Å². The molecule has 0 spiro atoms. The van der Waals surface area contributed by atoms with E-state index in [1.807, 2.05) is 4.90 Å². The molecule has 1 fully saturated rings. The summed E-state index contributed by atoms with van der Waals surface area (Å²) >= 11 is 0. The molecule has 0 aromatic heterocycles. The summed E-state index contributed by atoms with van der Waals surface area (Å²) in [5.74, 6) is 5.42. The van der Waals surface area contributed by atoms with Gasteiger partial charge in [-0.25, -0.2) is 0 Å². The second-order valence-electron chi connectivity index (χ2n) is 5.59. The fraction of sp³-hybridized carbons (Fsp3) is 0.500. The predicted molar refractivity (Wildman–Crippen MR) is 82.1 cm³/mol. The zero-order chi connectivity index (χ0) is 14.4. The molecule has 1 aliphatic rings. The second kappa shape index (κ2) is 7.14. The van der Waals surface area contributed by atoms with Crippen molar-refractivity contribution in [3.8, 4) is 11.8 Å². The number of rotatable bonds is 3. The third-order valence-corrected chi connectivity index (χ3v) is 3.98. The van der Waals surface area contributed by atoms with Crippen LogP contribution in [0.5, 0.6) is 0 Å². The summed E-state index contributed by atoms with van der Waals surface area (Å²) in [7, 11) is 0. The molecule has 1 aliphatic carbocycles. The standard InChI is InChI=1S/C18H23NO/c1-3-7-18(20)19(17-8-5-4-6-9-17)14-16-12-10-15(2)11-13-16/h10-13,17H,4-6,8-9,14H2,1-2H3. The van der Waals surface area contributed by atoms with Gasteiger partial charge in [0.15, 0.2) is 0 Å². The molecular weight excluding hydrogens is 246 g/mol. The smallest absolute Gasteiger partial charge is 0.299 e. The maximum atomic E-state index is 12.3. The average Bonchev–Trinajstić information content (AvgIpc) is 2.48. The summed E-state index contributed by atoms with van der Waals surface area (Å²) in [5.41, 5.74) is 2.44. The summed E-state index contributed by atoms with van der Waals surface area (Å²) in [6.45, 7) is 4.48. The van der Waals surface area contributed by atoms with E-state index in [1.54, 1.807) is 6.92 Å². The molecule has 2 rings (SSSR count). The van der Waals surface area contributed by atoms with E-state index < -0.39 is 0 Å². The van der Waals surface area contributed by atoms with Gasteiger partial charge >= 0.3 is 0 Å². The van der Waals surface area contributed by atoms with Gasteiger partial charge in [-0.3, -0.25) is 4.79 Å². The molecule has 106 valence electrons. The van der Waals surface area contributed by atoms with Gasteiger partial charge in [-0.15, -0.1) is 0 Å². The summed E-state index contributed by atoms with van der Waals surface area (Å²) in [5, 5.41) is 0. The van der Waals surface area contributed by atoms with Crippen LogP contribution in [0.2, 0.25) is 0 Å². The highest BCUT2D eigenvalue weighted by Gasteiger charge is 2.24. The van der Waals surface area contributed by atoms with Crippen LogP contribution in [0.3, 0.4) is 0 Å². The van der Waals surface area contributed by atoms with Crippen LogP contribution in [0, 0.1) is 18.8 Å². The van der Waals surface area contributed by atoms with Crippen molar-refractivity contribution in [2.45, 2.75) is 58.5 Å². The molecular formula is C18H23NO. The number of hydrogen-bond donors (Lipinski definition) is 0. The van der Waals surface area contributed by atoms with Crippen LogP contribution in [0.4, 0.5) is 0 Å². The first kappa shape index (κ1) is 14.7. The van der Waals surface area contributed by atoms with Gasteiger partial charge < -0.3 is 4.90 Å².